The van der Waals surface area contributed by atoms with Gasteiger partial charge in [0.25, 0.3) is 0 Å². The largest absolute Gasteiger partial charge is 0.394 e. The number of rotatable bonds is 2. The monoisotopic (exact) mass is 235 g/mol. The SMILES string of the molecule is OCC1OC(n2cnc(Cl)n2)C(O)C1O. The second-order valence-electron chi connectivity index (χ2n) is 3.22. The first-order chi connectivity index (χ1) is 7.13. The molecule has 0 aromatic carbocycles. The van der Waals surface area contributed by atoms with E-state index in [0.717, 1.165) is 0 Å². The van der Waals surface area contributed by atoms with Gasteiger partial charge < -0.3 is 20.1 Å². The van der Waals surface area contributed by atoms with Crippen LogP contribution in [0, 0.1) is 0 Å². The summed E-state index contributed by atoms with van der Waals surface area (Å²) >= 11 is 5.50. The smallest absolute Gasteiger partial charge is 0.242 e. The van der Waals surface area contributed by atoms with Gasteiger partial charge in [0, 0.05) is 0 Å². The van der Waals surface area contributed by atoms with E-state index in [-0.39, 0.29) is 11.9 Å². The van der Waals surface area contributed by atoms with Crippen molar-refractivity contribution in [1.29, 1.82) is 0 Å². The van der Waals surface area contributed by atoms with Crippen LogP contribution in [0.3, 0.4) is 0 Å². The number of hydrogen-bond donors (Lipinski definition) is 3. The van der Waals surface area contributed by atoms with Crippen molar-refractivity contribution in [2.45, 2.75) is 24.5 Å². The van der Waals surface area contributed by atoms with E-state index in [2.05, 4.69) is 10.1 Å². The molecule has 3 N–H and O–H groups in total. The third kappa shape index (κ3) is 1.84. The second-order valence-corrected chi connectivity index (χ2v) is 3.56. The lowest BCUT2D eigenvalue weighted by molar-refractivity contribution is -0.0587. The third-order valence-corrected chi connectivity index (χ3v) is 2.43. The Morgan fingerprint density at radius 1 is 1.47 bits per heavy atom. The minimum absolute atomic E-state index is 0.0211. The number of halogens is 1. The number of hydrogen-bond acceptors (Lipinski definition) is 6. The number of ether oxygens (including phenoxy) is 1. The molecule has 84 valence electrons. The van der Waals surface area contributed by atoms with Crippen molar-refractivity contribution in [3.63, 3.8) is 0 Å². The number of aliphatic hydroxyl groups excluding tert-OH is 3. The van der Waals surface area contributed by atoms with Gasteiger partial charge in [-0.15, -0.1) is 5.10 Å². The molecule has 0 bridgehead atoms. The summed E-state index contributed by atoms with van der Waals surface area (Å²) in [7, 11) is 0. The van der Waals surface area contributed by atoms with Gasteiger partial charge in [0.2, 0.25) is 5.28 Å². The molecule has 1 saturated heterocycles. The molecular formula is C7H10ClN3O4. The van der Waals surface area contributed by atoms with Gasteiger partial charge in [0.15, 0.2) is 6.23 Å². The summed E-state index contributed by atoms with van der Waals surface area (Å²) in [5, 5.41) is 31.7. The molecule has 0 amide bonds. The molecule has 0 spiro atoms. The molecule has 1 aliphatic heterocycles. The first-order valence-electron chi connectivity index (χ1n) is 4.32. The highest BCUT2D eigenvalue weighted by molar-refractivity contribution is 6.28. The fourth-order valence-corrected chi connectivity index (χ4v) is 1.61. The van der Waals surface area contributed by atoms with Crippen molar-refractivity contribution < 1.29 is 20.1 Å². The first kappa shape index (κ1) is 10.8. The normalized spacial score (nSPS) is 36.0. The molecule has 4 unspecified atom stereocenters. The van der Waals surface area contributed by atoms with E-state index in [1.807, 2.05) is 0 Å². The van der Waals surface area contributed by atoms with Crippen molar-refractivity contribution in [3.8, 4) is 0 Å². The Bertz CT molecular complexity index is 347. The van der Waals surface area contributed by atoms with Gasteiger partial charge in [-0.25, -0.2) is 9.67 Å². The van der Waals surface area contributed by atoms with Crippen LogP contribution >= 0.6 is 11.6 Å². The van der Waals surface area contributed by atoms with E-state index < -0.39 is 24.5 Å². The lowest BCUT2D eigenvalue weighted by atomic mass is 10.1. The van der Waals surface area contributed by atoms with Crippen LogP contribution < -0.4 is 0 Å². The zero-order chi connectivity index (χ0) is 11.0. The van der Waals surface area contributed by atoms with Gasteiger partial charge in [-0.05, 0) is 11.6 Å². The third-order valence-electron chi connectivity index (χ3n) is 2.26. The van der Waals surface area contributed by atoms with Crippen LogP contribution in [-0.4, -0.2) is 55.0 Å². The molecule has 0 saturated carbocycles. The zero-order valence-electron chi connectivity index (χ0n) is 7.56. The molecule has 0 radical (unpaired) electrons. The first-order valence-corrected chi connectivity index (χ1v) is 4.70. The van der Waals surface area contributed by atoms with Gasteiger partial charge in [-0.1, -0.05) is 0 Å². The maximum absolute atomic E-state index is 9.60. The van der Waals surface area contributed by atoms with Crippen LogP contribution in [0.25, 0.3) is 0 Å². The summed E-state index contributed by atoms with van der Waals surface area (Å²) in [6.45, 7) is -0.378. The highest BCUT2D eigenvalue weighted by Gasteiger charge is 2.43. The van der Waals surface area contributed by atoms with Crippen molar-refractivity contribution in [3.05, 3.63) is 11.6 Å². The van der Waals surface area contributed by atoms with Crippen molar-refractivity contribution in [2.75, 3.05) is 6.61 Å². The van der Waals surface area contributed by atoms with Crippen LogP contribution in [-0.2, 0) is 4.74 Å². The Hall–Kier alpha value is -0.730. The molecule has 1 aliphatic rings. The highest BCUT2D eigenvalue weighted by Crippen LogP contribution is 2.28. The number of aromatic nitrogens is 3. The second kappa shape index (κ2) is 4.03. The maximum atomic E-state index is 9.60. The van der Waals surface area contributed by atoms with Gasteiger partial charge >= 0.3 is 0 Å². The van der Waals surface area contributed by atoms with E-state index in [1.165, 1.54) is 11.0 Å². The minimum atomic E-state index is -1.17. The van der Waals surface area contributed by atoms with Gasteiger partial charge in [-0.2, -0.15) is 0 Å². The van der Waals surface area contributed by atoms with Crippen molar-refractivity contribution in [1.82, 2.24) is 14.8 Å². The standard InChI is InChI=1S/C7H10ClN3O4/c8-7-9-2-11(10-7)6-5(14)4(13)3(1-12)15-6/h2-6,12-14H,1H2. The topological polar surface area (TPSA) is 101 Å². The van der Waals surface area contributed by atoms with E-state index in [1.54, 1.807) is 0 Å². The summed E-state index contributed by atoms with van der Waals surface area (Å²) in [6, 6.07) is 0. The van der Waals surface area contributed by atoms with Crippen LogP contribution in [0.4, 0.5) is 0 Å². The Morgan fingerprint density at radius 2 is 2.20 bits per heavy atom. The predicted molar refractivity (Wildman–Crippen MR) is 48.0 cm³/mol. The molecule has 4 atom stereocenters. The fourth-order valence-electron chi connectivity index (χ4n) is 1.47. The molecule has 1 aromatic rings. The summed E-state index contributed by atoms with van der Waals surface area (Å²) in [5.74, 6) is 0. The Kier molecular flexibility index (Phi) is 2.89. The fraction of sp³-hybridized carbons (Fsp3) is 0.714. The molecule has 0 aliphatic carbocycles. The lowest BCUT2D eigenvalue weighted by Gasteiger charge is -2.13. The zero-order valence-corrected chi connectivity index (χ0v) is 8.32. The molecule has 2 heterocycles. The van der Waals surface area contributed by atoms with Crippen molar-refractivity contribution in [2.24, 2.45) is 0 Å². The Balaban J connectivity index is 2.18. The van der Waals surface area contributed by atoms with Crippen molar-refractivity contribution >= 4 is 11.6 Å². The van der Waals surface area contributed by atoms with Crippen LogP contribution in [0.2, 0.25) is 5.28 Å². The van der Waals surface area contributed by atoms with Gasteiger partial charge in [0.05, 0.1) is 6.61 Å². The summed E-state index contributed by atoms with van der Waals surface area (Å²) in [6.07, 6.45) is -2.74. The quantitative estimate of drug-likeness (QED) is 0.580. The van der Waals surface area contributed by atoms with Crippen LogP contribution in [0.15, 0.2) is 6.33 Å². The molecule has 7 nitrogen and oxygen atoms in total. The summed E-state index contributed by atoms with van der Waals surface area (Å²) < 4.78 is 6.39. The molecule has 1 aromatic heterocycles. The van der Waals surface area contributed by atoms with E-state index in [9.17, 15) is 10.2 Å². The average Bonchev–Trinajstić information content (AvgIpc) is 2.74. The maximum Gasteiger partial charge on any atom is 0.242 e. The minimum Gasteiger partial charge on any atom is -0.394 e. The van der Waals surface area contributed by atoms with E-state index in [4.69, 9.17) is 21.4 Å². The summed E-state index contributed by atoms with van der Waals surface area (Å²) in [4.78, 5) is 3.65. The van der Waals surface area contributed by atoms with Gasteiger partial charge in [0.1, 0.15) is 24.6 Å². The molecular weight excluding hydrogens is 226 g/mol. The lowest BCUT2D eigenvalue weighted by Crippen LogP contribution is -2.33. The average molecular weight is 236 g/mol. The van der Waals surface area contributed by atoms with E-state index in [0.29, 0.717) is 0 Å². The molecule has 2 rings (SSSR count). The van der Waals surface area contributed by atoms with Gasteiger partial charge in [-0.3, -0.25) is 0 Å². The molecule has 8 heteroatoms. The van der Waals surface area contributed by atoms with E-state index >= 15 is 0 Å². The predicted octanol–water partition coefficient (Wildman–Crippen LogP) is -1.46. The van der Waals surface area contributed by atoms with Crippen LogP contribution in [0.5, 0.6) is 0 Å². The molecule has 1 fully saturated rings. The summed E-state index contributed by atoms with van der Waals surface area (Å²) in [5.41, 5.74) is 0. The highest BCUT2D eigenvalue weighted by atomic mass is 35.5. The van der Waals surface area contributed by atoms with Crippen LogP contribution in [0.1, 0.15) is 6.23 Å². The number of nitrogens with zero attached hydrogens (tertiary/aromatic N) is 3. The number of aliphatic hydroxyl groups is 3. The Morgan fingerprint density at radius 3 is 2.67 bits per heavy atom. The Labute approximate surface area is 89.9 Å². The molecule has 15 heavy (non-hydrogen) atoms.